The lowest BCUT2D eigenvalue weighted by Gasteiger charge is -2.33. The normalized spacial score (nSPS) is 18.3. The van der Waals surface area contributed by atoms with Crippen LogP contribution in [0.2, 0.25) is 0 Å². The molecule has 0 aliphatic carbocycles. The lowest BCUT2D eigenvalue weighted by molar-refractivity contribution is 0.226. The first-order valence-corrected chi connectivity index (χ1v) is 9.41. The lowest BCUT2D eigenvalue weighted by Crippen LogP contribution is -2.42. The smallest absolute Gasteiger partial charge is 0.156 e. The summed E-state index contributed by atoms with van der Waals surface area (Å²) >= 11 is 0. The molecule has 1 aliphatic rings. The Bertz CT molecular complexity index is 916. The van der Waals surface area contributed by atoms with Gasteiger partial charge in [-0.05, 0) is 57.5 Å². The molecule has 1 fully saturated rings. The average molecular weight is 350 g/mol. The third-order valence-electron chi connectivity index (χ3n) is 5.18. The monoisotopic (exact) mass is 350 g/mol. The first-order valence-electron chi connectivity index (χ1n) is 9.41. The fraction of sp³-hybridized carbons (Fsp3) is 0.450. The van der Waals surface area contributed by atoms with Crippen LogP contribution < -0.4 is 5.32 Å². The van der Waals surface area contributed by atoms with Crippen molar-refractivity contribution in [1.29, 1.82) is 0 Å². The van der Waals surface area contributed by atoms with E-state index < -0.39 is 0 Å². The minimum atomic E-state index is 0.419. The van der Waals surface area contributed by atoms with Gasteiger partial charge in [-0.2, -0.15) is 0 Å². The van der Waals surface area contributed by atoms with Crippen molar-refractivity contribution in [2.24, 2.45) is 0 Å². The SMILES string of the molecule is CCN1CCCC(Nc2nc(C)ccc2-c2cnc3[nH]cc(C)c3n2)C1. The van der Waals surface area contributed by atoms with Gasteiger partial charge in [0, 0.05) is 30.0 Å². The Morgan fingerprint density at radius 2 is 2.15 bits per heavy atom. The summed E-state index contributed by atoms with van der Waals surface area (Å²) in [7, 11) is 0. The number of likely N-dealkylation sites (N-methyl/N-ethyl adjacent to an activating group) is 1. The second-order valence-electron chi connectivity index (χ2n) is 7.15. The molecule has 6 nitrogen and oxygen atoms in total. The Hall–Kier alpha value is -2.47. The van der Waals surface area contributed by atoms with Gasteiger partial charge in [0.15, 0.2) is 5.65 Å². The number of nitrogens with one attached hydrogen (secondary N) is 2. The fourth-order valence-corrected chi connectivity index (χ4v) is 3.67. The van der Waals surface area contributed by atoms with E-state index in [1.54, 1.807) is 0 Å². The van der Waals surface area contributed by atoms with E-state index >= 15 is 0 Å². The number of hydrogen-bond donors (Lipinski definition) is 2. The van der Waals surface area contributed by atoms with Crippen molar-refractivity contribution >= 4 is 17.0 Å². The summed E-state index contributed by atoms with van der Waals surface area (Å²) in [5, 5.41) is 3.68. The molecule has 26 heavy (non-hydrogen) atoms. The van der Waals surface area contributed by atoms with Gasteiger partial charge in [-0.15, -0.1) is 0 Å². The first kappa shape index (κ1) is 17.0. The standard InChI is InChI=1S/C20H26N6/c1-4-26-9-5-6-15(12-26)24-19-16(8-7-14(3)23-19)17-11-22-20-18(25-17)13(2)10-21-20/h7-8,10-11,15H,4-6,9,12H2,1-3H3,(H,21,22)(H,23,24). The van der Waals surface area contributed by atoms with Gasteiger partial charge in [-0.3, -0.25) is 0 Å². The Kier molecular flexibility index (Phi) is 4.59. The van der Waals surface area contributed by atoms with Crippen molar-refractivity contribution in [1.82, 2.24) is 24.8 Å². The zero-order valence-electron chi connectivity index (χ0n) is 15.7. The Morgan fingerprint density at radius 1 is 1.27 bits per heavy atom. The largest absolute Gasteiger partial charge is 0.365 e. The molecule has 0 radical (unpaired) electrons. The molecule has 1 aliphatic heterocycles. The summed E-state index contributed by atoms with van der Waals surface area (Å²) in [6, 6.07) is 4.56. The van der Waals surface area contributed by atoms with E-state index in [-0.39, 0.29) is 0 Å². The van der Waals surface area contributed by atoms with Crippen molar-refractivity contribution < 1.29 is 0 Å². The highest BCUT2D eigenvalue weighted by Crippen LogP contribution is 2.28. The molecule has 4 heterocycles. The predicted molar refractivity (Wildman–Crippen MR) is 105 cm³/mol. The van der Waals surface area contributed by atoms with Crippen LogP contribution in [0.3, 0.4) is 0 Å². The summed E-state index contributed by atoms with van der Waals surface area (Å²) in [6.45, 7) is 9.65. The summed E-state index contributed by atoms with van der Waals surface area (Å²) in [5.41, 5.74) is 5.73. The molecular formula is C20H26N6. The van der Waals surface area contributed by atoms with Crippen LogP contribution in [0.4, 0.5) is 5.82 Å². The number of likely N-dealkylation sites (tertiary alicyclic amines) is 1. The van der Waals surface area contributed by atoms with Gasteiger partial charge in [0.1, 0.15) is 11.3 Å². The maximum absolute atomic E-state index is 4.84. The number of H-pyrrole nitrogens is 1. The molecule has 1 unspecified atom stereocenters. The van der Waals surface area contributed by atoms with Crippen LogP contribution in [0.5, 0.6) is 0 Å². The molecule has 0 saturated carbocycles. The van der Waals surface area contributed by atoms with Crippen molar-refractivity contribution in [2.75, 3.05) is 25.0 Å². The molecular weight excluding hydrogens is 324 g/mol. The Labute approximate surface area is 154 Å². The van der Waals surface area contributed by atoms with Crippen LogP contribution in [-0.4, -0.2) is 50.5 Å². The van der Waals surface area contributed by atoms with Gasteiger partial charge in [0.25, 0.3) is 0 Å². The van der Waals surface area contributed by atoms with E-state index in [2.05, 4.69) is 33.2 Å². The van der Waals surface area contributed by atoms with Gasteiger partial charge in [-0.1, -0.05) is 6.92 Å². The van der Waals surface area contributed by atoms with E-state index in [9.17, 15) is 0 Å². The summed E-state index contributed by atoms with van der Waals surface area (Å²) in [6.07, 6.45) is 6.17. The number of aryl methyl sites for hydroxylation is 2. The van der Waals surface area contributed by atoms with Crippen LogP contribution in [-0.2, 0) is 0 Å². The number of anilines is 1. The molecule has 0 bridgehead atoms. The van der Waals surface area contributed by atoms with Crippen molar-refractivity contribution in [3.8, 4) is 11.3 Å². The summed E-state index contributed by atoms with van der Waals surface area (Å²) < 4.78 is 0. The Balaban J connectivity index is 1.68. The second kappa shape index (κ2) is 7.03. The molecule has 6 heteroatoms. The topological polar surface area (TPSA) is 69.7 Å². The zero-order valence-corrected chi connectivity index (χ0v) is 15.7. The molecule has 4 rings (SSSR count). The second-order valence-corrected chi connectivity index (χ2v) is 7.15. The molecule has 3 aromatic rings. The average Bonchev–Trinajstić information content (AvgIpc) is 3.02. The van der Waals surface area contributed by atoms with Crippen molar-refractivity contribution in [2.45, 2.75) is 39.7 Å². The molecule has 0 aromatic carbocycles. The van der Waals surface area contributed by atoms with Crippen molar-refractivity contribution in [3.63, 3.8) is 0 Å². The number of nitrogens with zero attached hydrogens (tertiary/aromatic N) is 4. The number of fused-ring (bicyclic) bond motifs is 1. The van der Waals surface area contributed by atoms with Gasteiger partial charge in [0.2, 0.25) is 0 Å². The molecule has 0 amide bonds. The first-order chi connectivity index (χ1) is 12.6. The van der Waals surface area contributed by atoms with E-state index in [0.717, 1.165) is 52.6 Å². The number of hydrogen-bond acceptors (Lipinski definition) is 5. The number of rotatable bonds is 4. The van der Waals surface area contributed by atoms with Gasteiger partial charge in [-0.25, -0.2) is 15.0 Å². The highest BCUT2D eigenvalue weighted by molar-refractivity contribution is 5.80. The predicted octanol–water partition coefficient (Wildman–Crippen LogP) is 3.53. The molecule has 1 atom stereocenters. The third kappa shape index (κ3) is 3.29. The molecule has 136 valence electrons. The minimum absolute atomic E-state index is 0.419. The third-order valence-corrected chi connectivity index (χ3v) is 5.18. The van der Waals surface area contributed by atoms with Crippen molar-refractivity contribution in [3.05, 3.63) is 35.8 Å². The minimum Gasteiger partial charge on any atom is -0.365 e. The van der Waals surface area contributed by atoms with E-state index in [4.69, 9.17) is 9.97 Å². The van der Waals surface area contributed by atoms with Crippen LogP contribution in [0.15, 0.2) is 24.5 Å². The number of pyridine rings is 1. The fourth-order valence-electron chi connectivity index (χ4n) is 3.67. The van der Waals surface area contributed by atoms with Crippen LogP contribution in [0.25, 0.3) is 22.4 Å². The maximum atomic E-state index is 4.84. The molecule has 1 saturated heterocycles. The Morgan fingerprint density at radius 3 is 3.00 bits per heavy atom. The molecule has 2 N–H and O–H groups in total. The van der Waals surface area contributed by atoms with Crippen LogP contribution in [0.1, 0.15) is 31.0 Å². The van der Waals surface area contributed by atoms with E-state index in [1.807, 2.05) is 32.3 Å². The number of aromatic nitrogens is 4. The maximum Gasteiger partial charge on any atom is 0.156 e. The van der Waals surface area contributed by atoms with E-state index in [1.165, 1.54) is 19.4 Å². The summed E-state index contributed by atoms with van der Waals surface area (Å²) in [5.74, 6) is 0.912. The molecule has 0 spiro atoms. The van der Waals surface area contributed by atoms with Gasteiger partial charge >= 0.3 is 0 Å². The number of piperidine rings is 1. The quantitative estimate of drug-likeness (QED) is 0.753. The van der Waals surface area contributed by atoms with Crippen LogP contribution >= 0.6 is 0 Å². The van der Waals surface area contributed by atoms with E-state index in [0.29, 0.717) is 6.04 Å². The highest BCUT2D eigenvalue weighted by atomic mass is 15.2. The van der Waals surface area contributed by atoms with Crippen LogP contribution in [0, 0.1) is 13.8 Å². The lowest BCUT2D eigenvalue weighted by atomic mass is 10.0. The van der Waals surface area contributed by atoms with Gasteiger partial charge < -0.3 is 15.2 Å². The number of aromatic amines is 1. The summed E-state index contributed by atoms with van der Waals surface area (Å²) in [4.78, 5) is 19.8. The molecule has 3 aromatic heterocycles. The zero-order chi connectivity index (χ0) is 18.1. The highest BCUT2D eigenvalue weighted by Gasteiger charge is 2.21. The van der Waals surface area contributed by atoms with Gasteiger partial charge in [0.05, 0.1) is 11.9 Å².